The van der Waals surface area contributed by atoms with E-state index < -0.39 is 12.5 Å². The fourth-order valence-corrected chi connectivity index (χ4v) is 0.644. The van der Waals surface area contributed by atoms with Gasteiger partial charge in [0.2, 0.25) is 0 Å². The van der Waals surface area contributed by atoms with Crippen molar-refractivity contribution in [2.45, 2.75) is 12.5 Å². The van der Waals surface area contributed by atoms with Crippen LogP contribution < -0.4 is 0 Å². The molecule has 0 aromatic rings. The lowest BCUT2D eigenvalue weighted by Gasteiger charge is -2.18. The van der Waals surface area contributed by atoms with Crippen molar-refractivity contribution in [1.82, 2.24) is 0 Å². The largest absolute Gasteiger partial charge is 0.411 e. The molecule has 7 heteroatoms. The van der Waals surface area contributed by atoms with Crippen molar-refractivity contribution < 1.29 is 32.1 Å². The van der Waals surface area contributed by atoms with Crippen LogP contribution in [0.2, 0.25) is 0 Å². The van der Waals surface area contributed by atoms with Crippen molar-refractivity contribution in [1.29, 1.82) is 0 Å². The van der Waals surface area contributed by atoms with Gasteiger partial charge in [0.1, 0.15) is 0 Å². The van der Waals surface area contributed by atoms with Crippen LogP contribution in [0.5, 0.6) is 0 Å². The highest BCUT2D eigenvalue weighted by atomic mass is 19.3. The van der Waals surface area contributed by atoms with Crippen LogP contribution in [-0.4, -0.2) is 53.1 Å². The van der Waals surface area contributed by atoms with E-state index in [0.717, 1.165) is 0 Å². The Kier molecular flexibility index (Phi) is 7.67. The Labute approximate surface area is 86.2 Å². The van der Waals surface area contributed by atoms with Gasteiger partial charge in [0.05, 0.1) is 26.4 Å². The number of methoxy groups -OCH3 is 2. The molecule has 0 amide bonds. The average molecular weight is 232 g/mol. The van der Waals surface area contributed by atoms with Gasteiger partial charge < -0.3 is 18.9 Å². The zero-order chi connectivity index (χ0) is 11.7. The summed E-state index contributed by atoms with van der Waals surface area (Å²) in [5, 5.41) is 0. The third kappa shape index (κ3) is 6.67. The van der Waals surface area contributed by atoms with Crippen LogP contribution in [0, 0.1) is 0 Å². The van der Waals surface area contributed by atoms with E-state index in [1.54, 1.807) is 0 Å². The van der Waals surface area contributed by atoms with Crippen LogP contribution in [0.25, 0.3) is 0 Å². The third-order valence-corrected chi connectivity index (χ3v) is 1.46. The zero-order valence-corrected chi connectivity index (χ0v) is 8.67. The summed E-state index contributed by atoms with van der Waals surface area (Å²) in [7, 11) is 2.20. The van der Waals surface area contributed by atoms with Crippen molar-refractivity contribution >= 4 is 0 Å². The normalized spacial score (nSPS) is 14.2. The summed E-state index contributed by atoms with van der Waals surface area (Å²) >= 11 is 0. The fourth-order valence-electron chi connectivity index (χ4n) is 0.644. The maximum Gasteiger partial charge on any atom is 0.411 e. The Bertz CT molecular complexity index is 157. The van der Waals surface area contributed by atoms with Gasteiger partial charge in [0.15, 0.2) is 0 Å². The van der Waals surface area contributed by atoms with Crippen LogP contribution in [0.3, 0.4) is 0 Å². The monoisotopic (exact) mass is 232 g/mol. The third-order valence-electron chi connectivity index (χ3n) is 1.46. The minimum Gasteiger partial charge on any atom is -0.382 e. The quantitative estimate of drug-likeness (QED) is 0.560. The Morgan fingerprint density at radius 3 is 2.20 bits per heavy atom. The average Bonchev–Trinajstić information content (AvgIpc) is 2.22. The molecule has 0 aliphatic rings. The molecule has 92 valence electrons. The Morgan fingerprint density at radius 1 is 1.07 bits per heavy atom. The second-order valence-electron chi connectivity index (χ2n) is 2.56. The minimum absolute atomic E-state index is 0.0174. The molecule has 0 rings (SSSR count). The number of hydrogen-bond donors (Lipinski definition) is 0. The van der Waals surface area contributed by atoms with E-state index in [1.165, 1.54) is 7.11 Å². The molecule has 1 unspecified atom stereocenters. The van der Waals surface area contributed by atoms with Crippen molar-refractivity contribution in [3.8, 4) is 0 Å². The predicted octanol–water partition coefficient (Wildman–Crippen LogP) is 1.20. The molecule has 0 spiro atoms. The topological polar surface area (TPSA) is 36.9 Å². The number of halogens is 3. The Balaban J connectivity index is 3.43. The molecule has 0 radical (unpaired) electrons. The Morgan fingerprint density at radius 2 is 1.67 bits per heavy atom. The first-order valence-electron chi connectivity index (χ1n) is 4.30. The molecule has 0 bridgehead atoms. The summed E-state index contributed by atoms with van der Waals surface area (Å²) in [6.45, 7) is 0.429. The van der Waals surface area contributed by atoms with E-state index in [1.807, 2.05) is 0 Å². The summed E-state index contributed by atoms with van der Waals surface area (Å²) in [6, 6.07) is 0. The summed E-state index contributed by atoms with van der Waals surface area (Å²) in [6.07, 6.45) is -6.71. The number of hydrogen-bond acceptors (Lipinski definition) is 4. The second kappa shape index (κ2) is 7.86. The van der Waals surface area contributed by atoms with Gasteiger partial charge in [-0.15, -0.1) is 0 Å². The van der Waals surface area contributed by atoms with E-state index in [-0.39, 0.29) is 13.2 Å². The van der Waals surface area contributed by atoms with Gasteiger partial charge in [-0.25, -0.2) is 4.39 Å². The highest BCUT2D eigenvalue weighted by Gasteiger charge is 2.41. The molecule has 0 aromatic heterocycles. The second-order valence-corrected chi connectivity index (χ2v) is 2.56. The lowest BCUT2D eigenvalue weighted by molar-refractivity contribution is -0.320. The highest BCUT2D eigenvalue weighted by Crippen LogP contribution is 2.22. The zero-order valence-electron chi connectivity index (χ0n) is 8.67. The van der Waals surface area contributed by atoms with Gasteiger partial charge in [-0.1, -0.05) is 0 Å². The van der Waals surface area contributed by atoms with Gasteiger partial charge in [0, 0.05) is 14.2 Å². The smallest absolute Gasteiger partial charge is 0.382 e. The first-order valence-corrected chi connectivity index (χ1v) is 4.30. The van der Waals surface area contributed by atoms with Gasteiger partial charge in [0.25, 0.3) is 6.36 Å². The van der Waals surface area contributed by atoms with Crippen molar-refractivity contribution in [2.24, 2.45) is 0 Å². The molecule has 4 nitrogen and oxygen atoms in total. The molecule has 0 aromatic carbocycles. The van der Waals surface area contributed by atoms with Crippen LogP contribution in [-0.2, 0) is 18.9 Å². The lowest BCUT2D eigenvalue weighted by Crippen LogP contribution is -2.34. The molecule has 15 heavy (non-hydrogen) atoms. The molecule has 1 atom stereocenters. The Hall–Kier alpha value is -0.370. The molecule has 0 saturated carbocycles. The standard InChI is InChI=1S/C8H15F3O4/c1-12-3-4-14-5-6-15-7(9)8(10,11)13-2/h7H,3-6H2,1-2H3. The van der Waals surface area contributed by atoms with Crippen LogP contribution in [0.15, 0.2) is 0 Å². The summed E-state index contributed by atoms with van der Waals surface area (Å²) < 4.78 is 54.7. The van der Waals surface area contributed by atoms with E-state index in [4.69, 9.17) is 4.74 Å². The number of rotatable bonds is 9. The molecule has 0 heterocycles. The summed E-state index contributed by atoms with van der Waals surface area (Å²) in [5.74, 6) is 0. The molecular formula is C8H15F3O4. The number of alkyl halides is 3. The lowest BCUT2D eigenvalue weighted by atomic mass is 10.6. The summed E-state index contributed by atoms with van der Waals surface area (Å²) in [4.78, 5) is 0. The summed E-state index contributed by atoms with van der Waals surface area (Å²) in [5.41, 5.74) is 0. The first-order chi connectivity index (χ1) is 7.04. The molecule has 0 aliphatic heterocycles. The molecular weight excluding hydrogens is 217 g/mol. The molecule has 0 aliphatic carbocycles. The first kappa shape index (κ1) is 14.6. The van der Waals surface area contributed by atoms with Gasteiger partial charge in [-0.2, -0.15) is 8.78 Å². The van der Waals surface area contributed by atoms with Gasteiger partial charge >= 0.3 is 6.11 Å². The predicted molar refractivity (Wildman–Crippen MR) is 45.5 cm³/mol. The van der Waals surface area contributed by atoms with E-state index >= 15 is 0 Å². The van der Waals surface area contributed by atoms with Gasteiger partial charge in [-0.3, -0.25) is 0 Å². The molecule has 0 N–H and O–H groups in total. The van der Waals surface area contributed by atoms with Crippen molar-refractivity contribution in [3.05, 3.63) is 0 Å². The van der Waals surface area contributed by atoms with E-state index in [2.05, 4.69) is 14.2 Å². The molecule has 0 saturated heterocycles. The highest BCUT2D eigenvalue weighted by molar-refractivity contribution is 4.55. The maximum atomic E-state index is 12.6. The van der Waals surface area contributed by atoms with Crippen molar-refractivity contribution in [3.63, 3.8) is 0 Å². The molecule has 0 fully saturated rings. The van der Waals surface area contributed by atoms with E-state index in [0.29, 0.717) is 20.3 Å². The van der Waals surface area contributed by atoms with Crippen LogP contribution in [0.4, 0.5) is 13.2 Å². The fraction of sp³-hybridized carbons (Fsp3) is 1.00. The van der Waals surface area contributed by atoms with Crippen LogP contribution in [0.1, 0.15) is 0 Å². The van der Waals surface area contributed by atoms with Crippen LogP contribution >= 0.6 is 0 Å². The van der Waals surface area contributed by atoms with Gasteiger partial charge in [-0.05, 0) is 0 Å². The van der Waals surface area contributed by atoms with E-state index in [9.17, 15) is 13.2 Å². The SMILES string of the molecule is COCCOCCOC(F)C(F)(F)OC. The minimum atomic E-state index is -3.92. The maximum absolute atomic E-state index is 12.6. The number of ether oxygens (including phenoxy) is 4. The van der Waals surface area contributed by atoms with Crippen molar-refractivity contribution in [2.75, 3.05) is 40.6 Å².